The van der Waals surface area contributed by atoms with Crippen LogP contribution in [0.25, 0.3) is 0 Å². The molecular weight excluding hydrogens is 505 g/mol. The van der Waals surface area contributed by atoms with Gasteiger partial charge in [0.2, 0.25) is 0 Å². The number of carboxylic acids is 1. The third-order valence-electron chi connectivity index (χ3n) is 4.63. The lowest BCUT2D eigenvalue weighted by molar-refractivity contribution is 0.0697. The van der Waals surface area contributed by atoms with Gasteiger partial charge in [-0.3, -0.25) is 0 Å². The number of nitrogens with one attached hydrogen (secondary N) is 1. The molecule has 5 nitrogen and oxygen atoms in total. The minimum atomic E-state index is -0.946. The van der Waals surface area contributed by atoms with Crippen LogP contribution in [0.15, 0.2) is 53.0 Å². The zero-order valence-electron chi connectivity index (χ0n) is 16.8. The first-order valence-electron chi connectivity index (χ1n) is 9.29. The summed E-state index contributed by atoms with van der Waals surface area (Å²) in [6.07, 6.45) is 0. The smallest absolute Gasteiger partial charge is 0.335 e. The predicted molar refractivity (Wildman–Crippen MR) is 127 cm³/mol. The molecule has 3 aromatic carbocycles. The van der Waals surface area contributed by atoms with E-state index in [1.165, 1.54) is 0 Å². The average Bonchev–Trinajstić information content (AvgIpc) is 2.72. The maximum Gasteiger partial charge on any atom is 0.335 e. The summed E-state index contributed by atoms with van der Waals surface area (Å²) in [7, 11) is 1.58. The number of benzene rings is 3. The Balaban J connectivity index is 1.73. The van der Waals surface area contributed by atoms with E-state index in [2.05, 4.69) is 21.2 Å². The summed E-state index contributed by atoms with van der Waals surface area (Å²) in [5, 5.41) is 13.5. The number of hydrogen-bond donors (Lipinski definition) is 2. The molecule has 8 heteroatoms. The fourth-order valence-corrected chi connectivity index (χ4v) is 4.06. The summed E-state index contributed by atoms with van der Waals surface area (Å²) in [5.41, 5.74) is 3.74. The van der Waals surface area contributed by atoms with Crippen LogP contribution in [0.5, 0.6) is 11.5 Å². The number of ether oxygens (including phenoxy) is 2. The van der Waals surface area contributed by atoms with E-state index in [4.69, 9.17) is 37.8 Å². The van der Waals surface area contributed by atoms with Crippen LogP contribution in [-0.4, -0.2) is 18.2 Å². The van der Waals surface area contributed by atoms with E-state index in [0.717, 1.165) is 26.9 Å². The molecule has 0 spiro atoms. The molecule has 0 unspecified atom stereocenters. The Kier molecular flexibility index (Phi) is 7.70. The Morgan fingerprint density at radius 2 is 1.90 bits per heavy atom. The first kappa shape index (κ1) is 23.3. The van der Waals surface area contributed by atoms with Gasteiger partial charge < -0.3 is 19.9 Å². The Hall–Kier alpha value is -2.41. The summed E-state index contributed by atoms with van der Waals surface area (Å²) in [6.45, 7) is 2.65. The van der Waals surface area contributed by atoms with E-state index in [0.29, 0.717) is 28.1 Å². The monoisotopic (exact) mass is 523 g/mol. The highest BCUT2D eigenvalue weighted by Gasteiger charge is 2.14. The minimum absolute atomic E-state index is 0.259. The summed E-state index contributed by atoms with van der Waals surface area (Å²) < 4.78 is 12.2. The quantitative estimate of drug-likeness (QED) is 0.333. The zero-order valence-corrected chi connectivity index (χ0v) is 19.9. The van der Waals surface area contributed by atoms with Crippen LogP contribution in [0.4, 0.5) is 5.69 Å². The van der Waals surface area contributed by atoms with Crippen molar-refractivity contribution in [3.8, 4) is 11.5 Å². The van der Waals surface area contributed by atoms with Crippen molar-refractivity contribution in [2.45, 2.75) is 20.1 Å². The first-order chi connectivity index (χ1) is 14.8. The lowest BCUT2D eigenvalue weighted by atomic mass is 10.1. The molecule has 162 valence electrons. The van der Waals surface area contributed by atoms with Gasteiger partial charge in [-0.1, -0.05) is 29.3 Å². The number of hydrogen-bond acceptors (Lipinski definition) is 4. The molecule has 0 aliphatic rings. The standard InChI is InChI=1S/C23H20BrCl2NO4/c1-13-7-15(23(28)29)4-6-20(13)27-11-14-8-18(24)22(21(9-14)30-2)31-12-16-3-5-17(25)10-19(16)26/h3-10,27H,11-12H2,1-2H3,(H,28,29). The molecule has 0 saturated heterocycles. The van der Waals surface area contributed by atoms with Gasteiger partial charge in [0.25, 0.3) is 0 Å². The maximum atomic E-state index is 11.1. The highest BCUT2D eigenvalue weighted by molar-refractivity contribution is 9.10. The van der Waals surface area contributed by atoms with Crippen molar-refractivity contribution in [1.29, 1.82) is 0 Å². The second kappa shape index (κ2) is 10.3. The molecule has 0 fully saturated rings. The number of halogens is 3. The van der Waals surface area contributed by atoms with E-state index >= 15 is 0 Å². The van der Waals surface area contributed by atoms with Gasteiger partial charge in [0, 0.05) is 27.8 Å². The van der Waals surface area contributed by atoms with E-state index < -0.39 is 5.97 Å². The second-order valence-electron chi connectivity index (χ2n) is 6.82. The van der Waals surface area contributed by atoms with Crippen LogP contribution in [0.2, 0.25) is 10.0 Å². The largest absolute Gasteiger partial charge is 0.493 e. The lowest BCUT2D eigenvalue weighted by Crippen LogP contribution is -2.05. The molecule has 3 aromatic rings. The van der Waals surface area contributed by atoms with Crippen LogP contribution in [0.3, 0.4) is 0 Å². The number of methoxy groups -OCH3 is 1. The molecule has 0 atom stereocenters. The highest BCUT2D eigenvalue weighted by atomic mass is 79.9. The molecule has 0 amide bonds. The van der Waals surface area contributed by atoms with Crippen LogP contribution in [-0.2, 0) is 13.2 Å². The van der Waals surface area contributed by atoms with Crippen molar-refractivity contribution >= 4 is 50.8 Å². The number of carboxylic acid groups (broad SMARTS) is 1. The number of aromatic carboxylic acids is 1. The summed E-state index contributed by atoms with van der Waals surface area (Å²) in [6, 6.07) is 14.1. The van der Waals surface area contributed by atoms with Crippen LogP contribution < -0.4 is 14.8 Å². The number of anilines is 1. The fourth-order valence-electron chi connectivity index (χ4n) is 3.00. The second-order valence-corrected chi connectivity index (χ2v) is 8.52. The van der Waals surface area contributed by atoms with Gasteiger partial charge in [-0.05, 0) is 76.4 Å². The molecule has 0 heterocycles. The Morgan fingerprint density at radius 1 is 1.13 bits per heavy atom. The van der Waals surface area contributed by atoms with Gasteiger partial charge in [-0.15, -0.1) is 0 Å². The van der Waals surface area contributed by atoms with Gasteiger partial charge in [-0.2, -0.15) is 0 Å². The van der Waals surface area contributed by atoms with Gasteiger partial charge >= 0.3 is 5.97 Å². The Morgan fingerprint density at radius 3 is 2.55 bits per heavy atom. The summed E-state index contributed by atoms with van der Waals surface area (Å²) in [4.78, 5) is 11.1. The molecule has 2 N–H and O–H groups in total. The van der Waals surface area contributed by atoms with Crippen molar-refractivity contribution in [1.82, 2.24) is 0 Å². The van der Waals surface area contributed by atoms with E-state index in [-0.39, 0.29) is 12.2 Å². The molecule has 0 aliphatic heterocycles. The molecule has 0 radical (unpaired) electrons. The first-order valence-corrected chi connectivity index (χ1v) is 10.8. The fraction of sp³-hybridized carbons (Fsp3) is 0.174. The molecule has 0 aliphatic carbocycles. The topological polar surface area (TPSA) is 67.8 Å². The molecule has 0 bridgehead atoms. The van der Waals surface area contributed by atoms with Gasteiger partial charge in [0.05, 0.1) is 17.1 Å². The van der Waals surface area contributed by atoms with Crippen molar-refractivity contribution < 1.29 is 19.4 Å². The number of rotatable bonds is 8. The number of aryl methyl sites for hydroxylation is 1. The predicted octanol–water partition coefficient (Wildman–Crippen LogP) is 6.96. The summed E-state index contributed by atoms with van der Waals surface area (Å²) >= 11 is 15.7. The molecule has 3 rings (SSSR count). The minimum Gasteiger partial charge on any atom is -0.493 e. The van der Waals surface area contributed by atoms with E-state index in [1.807, 2.05) is 25.1 Å². The Bertz CT molecular complexity index is 1120. The van der Waals surface area contributed by atoms with Crippen molar-refractivity contribution in [2.24, 2.45) is 0 Å². The van der Waals surface area contributed by atoms with Gasteiger partial charge in [-0.25, -0.2) is 4.79 Å². The van der Waals surface area contributed by atoms with Crippen LogP contribution >= 0.6 is 39.1 Å². The van der Waals surface area contributed by atoms with Crippen molar-refractivity contribution in [3.63, 3.8) is 0 Å². The lowest BCUT2D eigenvalue weighted by Gasteiger charge is -2.16. The zero-order chi connectivity index (χ0) is 22.5. The van der Waals surface area contributed by atoms with Crippen LogP contribution in [0, 0.1) is 6.92 Å². The third-order valence-corrected chi connectivity index (χ3v) is 5.81. The van der Waals surface area contributed by atoms with Crippen molar-refractivity contribution in [2.75, 3.05) is 12.4 Å². The van der Waals surface area contributed by atoms with Gasteiger partial charge in [0.15, 0.2) is 11.5 Å². The highest BCUT2D eigenvalue weighted by Crippen LogP contribution is 2.38. The number of carbonyl (C=O) groups is 1. The van der Waals surface area contributed by atoms with Crippen LogP contribution in [0.1, 0.15) is 27.0 Å². The molecule has 31 heavy (non-hydrogen) atoms. The van der Waals surface area contributed by atoms with E-state index in [9.17, 15) is 4.79 Å². The maximum absolute atomic E-state index is 11.1. The third kappa shape index (κ3) is 5.85. The Labute approximate surface area is 199 Å². The van der Waals surface area contributed by atoms with Gasteiger partial charge in [0.1, 0.15) is 6.61 Å². The molecular formula is C23H20BrCl2NO4. The normalized spacial score (nSPS) is 10.6. The average molecular weight is 525 g/mol. The SMILES string of the molecule is COc1cc(CNc2ccc(C(=O)O)cc2C)cc(Br)c1OCc1ccc(Cl)cc1Cl. The summed E-state index contributed by atoms with van der Waals surface area (Å²) in [5.74, 6) is 0.201. The molecule has 0 aromatic heterocycles. The van der Waals surface area contributed by atoms with Crippen molar-refractivity contribution in [3.05, 3.63) is 85.3 Å². The molecule has 0 saturated carbocycles. The van der Waals surface area contributed by atoms with E-state index in [1.54, 1.807) is 37.4 Å².